The number of carbonyl (C=O) groups is 1. The van der Waals surface area contributed by atoms with E-state index in [0.717, 1.165) is 31.7 Å². The van der Waals surface area contributed by atoms with Crippen LogP contribution in [0.3, 0.4) is 0 Å². The molecule has 2 fully saturated rings. The van der Waals surface area contributed by atoms with E-state index in [1.807, 2.05) is 4.90 Å². The molecule has 1 aromatic heterocycles. The molecule has 3 rings (SSSR count). The van der Waals surface area contributed by atoms with E-state index < -0.39 is 0 Å². The fraction of sp³-hybridized carbons (Fsp3) is 0.706. The predicted octanol–water partition coefficient (Wildman–Crippen LogP) is 1.34. The van der Waals surface area contributed by atoms with E-state index in [-0.39, 0.29) is 12.0 Å². The number of carbonyl (C=O) groups excluding carboxylic acids is 1. The third-order valence-electron chi connectivity index (χ3n) is 4.28. The van der Waals surface area contributed by atoms with Gasteiger partial charge in [-0.25, -0.2) is 0 Å². The highest BCUT2D eigenvalue weighted by atomic mass is 16.5. The molecule has 0 aromatic carbocycles. The molecule has 2 saturated heterocycles. The summed E-state index contributed by atoms with van der Waals surface area (Å²) in [7, 11) is 0. The van der Waals surface area contributed by atoms with Crippen molar-refractivity contribution in [1.29, 1.82) is 0 Å². The Bertz CT molecular complexity index is 553. The second-order valence-electron chi connectivity index (χ2n) is 6.73. The Hall–Kier alpha value is -1.89. The van der Waals surface area contributed by atoms with Gasteiger partial charge in [0.2, 0.25) is 5.88 Å². The molecular weight excluding hydrogens is 308 g/mol. The van der Waals surface area contributed by atoms with Crippen LogP contribution in [0.4, 0.5) is 5.82 Å². The Morgan fingerprint density at radius 2 is 2.12 bits per heavy atom. The van der Waals surface area contributed by atoms with Crippen LogP contribution in [0.25, 0.3) is 0 Å². The summed E-state index contributed by atoms with van der Waals surface area (Å²) in [6, 6.07) is 0. The Balaban J connectivity index is 1.54. The van der Waals surface area contributed by atoms with E-state index in [1.54, 1.807) is 12.4 Å². The van der Waals surface area contributed by atoms with Gasteiger partial charge in [0.25, 0.3) is 5.91 Å². The number of amides is 1. The Morgan fingerprint density at radius 1 is 1.33 bits per heavy atom. The van der Waals surface area contributed by atoms with Gasteiger partial charge >= 0.3 is 0 Å². The number of ether oxygens (including phenoxy) is 2. The molecule has 2 aliphatic rings. The number of rotatable bonds is 5. The Labute approximate surface area is 143 Å². The lowest BCUT2D eigenvalue weighted by atomic mass is 10.2. The van der Waals surface area contributed by atoms with Crippen molar-refractivity contribution in [3.05, 3.63) is 12.4 Å². The SMILES string of the molecule is CC(C)COc1cncc(N2CCN(C(=O)[C@@H]3CCCO3)CC2)n1. The van der Waals surface area contributed by atoms with Gasteiger partial charge in [0.15, 0.2) is 5.82 Å². The van der Waals surface area contributed by atoms with Crippen LogP contribution < -0.4 is 9.64 Å². The zero-order chi connectivity index (χ0) is 16.9. The number of hydrogen-bond donors (Lipinski definition) is 0. The monoisotopic (exact) mass is 334 g/mol. The van der Waals surface area contributed by atoms with Crippen molar-refractivity contribution in [2.45, 2.75) is 32.8 Å². The Kier molecular flexibility index (Phi) is 5.50. The summed E-state index contributed by atoms with van der Waals surface area (Å²) in [6.07, 6.45) is 4.99. The van der Waals surface area contributed by atoms with Gasteiger partial charge in [-0.1, -0.05) is 13.8 Å². The molecule has 1 atom stereocenters. The van der Waals surface area contributed by atoms with Crippen LogP contribution in [0, 0.1) is 5.92 Å². The highest BCUT2D eigenvalue weighted by Crippen LogP contribution is 2.19. The van der Waals surface area contributed by atoms with E-state index in [4.69, 9.17) is 9.47 Å². The van der Waals surface area contributed by atoms with Gasteiger partial charge in [-0.15, -0.1) is 0 Å². The zero-order valence-electron chi connectivity index (χ0n) is 14.5. The van der Waals surface area contributed by atoms with Crippen molar-refractivity contribution < 1.29 is 14.3 Å². The van der Waals surface area contributed by atoms with Crippen molar-refractivity contribution in [2.24, 2.45) is 5.92 Å². The lowest BCUT2D eigenvalue weighted by molar-refractivity contribution is -0.141. The molecule has 0 unspecified atom stereocenters. The molecule has 7 nitrogen and oxygen atoms in total. The zero-order valence-corrected chi connectivity index (χ0v) is 14.5. The molecule has 132 valence electrons. The topological polar surface area (TPSA) is 67.8 Å². The summed E-state index contributed by atoms with van der Waals surface area (Å²) in [5.74, 6) is 1.94. The van der Waals surface area contributed by atoms with E-state index in [0.29, 0.717) is 38.1 Å². The van der Waals surface area contributed by atoms with Crippen LogP contribution in [-0.4, -0.2) is 66.3 Å². The van der Waals surface area contributed by atoms with Crippen molar-refractivity contribution in [1.82, 2.24) is 14.9 Å². The molecular formula is C17H26N4O3. The van der Waals surface area contributed by atoms with Gasteiger partial charge in [-0.05, 0) is 18.8 Å². The molecule has 0 aliphatic carbocycles. The highest BCUT2D eigenvalue weighted by molar-refractivity contribution is 5.81. The van der Waals surface area contributed by atoms with Crippen LogP contribution >= 0.6 is 0 Å². The maximum atomic E-state index is 12.4. The number of hydrogen-bond acceptors (Lipinski definition) is 6. The Morgan fingerprint density at radius 3 is 2.79 bits per heavy atom. The average molecular weight is 334 g/mol. The first-order chi connectivity index (χ1) is 11.6. The van der Waals surface area contributed by atoms with Crippen molar-refractivity contribution >= 4 is 11.7 Å². The standard InChI is InChI=1S/C17H26N4O3/c1-13(2)12-24-16-11-18-10-15(19-16)20-5-7-21(8-6-20)17(22)14-4-3-9-23-14/h10-11,13-14H,3-9,12H2,1-2H3/t14-/m0/s1. The van der Waals surface area contributed by atoms with E-state index >= 15 is 0 Å². The molecule has 0 radical (unpaired) electrons. The fourth-order valence-electron chi connectivity index (χ4n) is 2.94. The normalized spacial score (nSPS) is 21.4. The van der Waals surface area contributed by atoms with Crippen LogP contribution in [0.5, 0.6) is 5.88 Å². The molecule has 0 bridgehead atoms. The highest BCUT2D eigenvalue weighted by Gasteiger charge is 2.30. The van der Waals surface area contributed by atoms with E-state index in [1.165, 1.54) is 0 Å². The summed E-state index contributed by atoms with van der Waals surface area (Å²) < 4.78 is 11.1. The maximum Gasteiger partial charge on any atom is 0.251 e. The molecule has 24 heavy (non-hydrogen) atoms. The summed E-state index contributed by atoms with van der Waals surface area (Å²) in [6.45, 7) is 8.41. The largest absolute Gasteiger partial charge is 0.476 e. The minimum Gasteiger partial charge on any atom is -0.476 e. The average Bonchev–Trinajstić information content (AvgIpc) is 3.14. The number of anilines is 1. The van der Waals surface area contributed by atoms with Crippen molar-refractivity contribution in [2.75, 3.05) is 44.3 Å². The molecule has 1 aromatic rings. The first-order valence-corrected chi connectivity index (χ1v) is 8.73. The second kappa shape index (κ2) is 7.79. The van der Waals surface area contributed by atoms with Crippen LogP contribution in [-0.2, 0) is 9.53 Å². The molecule has 0 N–H and O–H groups in total. The first-order valence-electron chi connectivity index (χ1n) is 8.73. The third kappa shape index (κ3) is 4.14. The lowest BCUT2D eigenvalue weighted by Gasteiger charge is -2.36. The van der Waals surface area contributed by atoms with Gasteiger partial charge in [0.05, 0.1) is 19.0 Å². The van der Waals surface area contributed by atoms with E-state index in [9.17, 15) is 4.79 Å². The molecule has 1 amide bonds. The summed E-state index contributed by atoms with van der Waals surface area (Å²) >= 11 is 0. The molecule has 0 spiro atoms. The first kappa shape index (κ1) is 17.0. The number of nitrogens with zero attached hydrogens (tertiary/aromatic N) is 4. The van der Waals surface area contributed by atoms with Gasteiger partial charge < -0.3 is 19.3 Å². The minimum absolute atomic E-state index is 0.132. The van der Waals surface area contributed by atoms with Gasteiger partial charge in [-0.2, -0.15) is 4.98 Å². The van der Waals surface area contributed by atoms with Gasteiger partial charge in [-0.3, -0.25) is 9.78 Å². The molecule has 3 heterocycles. The quantitative estimate of drug-likeness (QED) is 0.809. The third-order valence-corrected chi connectivity index (χ3v) is 4.28. The maximum absolute atomic E-state index is 12.4. The molecule has 0 saturated carbocycles. The smallest absolute Gasteiger partial charge is 0.251 e. The second-order valence-corrected chi connectivity index (χ2v) is 6.73. The molecule has 7 heteroatoms. The predicted molar refractivity (Wildman–Crippen MR) is 90.1 cm³/mol. The summed E-state index contributed by atoms with van der Waals surface area (Å²) in [4.78, 5) is 25.2. The summed E-state index contributed by atoms with van der Waals surface area (Å²) in [5, 5.41) is 0. The number of aromatic nitrogens is 2. The van der Waals surface area contributed by atoms with Crippen LogP contribution in [0.15, 0.2) is 12.4 Å². The molecule has 2 aliphatic heterocycles. The minimum atomic E-state index is -0.232. The van der Waals surface area contributed by atoms with E-state index in [2.05, 4.69) is 28.7 Å². The van der Waals surface area contributed by atoms with Crippen molar-refractivity contribution in [3.8, 4) is 5.88 Å². The fourth-order valence-corrected chi connectivity index (χ4v) is 2.94. The van der Waals surface area contributed by atoms with Crippen molar-refractivity contribution in [3.63, 3.8) is 0 Å². The lowest BCUT2D eigenvalue weighted by Crippen LogP contribution is -2.51. The van der Waals surface area contributed by atoms with Crippen LogP contribution in [0.2, 0.25) is 0 Å². The van der Waals surface area contributed by atoms with Gasteiger partial charge in [0.1, 0.15) is 6.10 Å². The van der Waals surface area contributed by atoms with Gasteiger partial charge in [0, 0.05) is 32.8 Å². The number of piperazine rings is 1. The van der Waals surface area contributed by atoms with Crippen LogP contribution in [0.1, 0.15) is 26.7 Å². The summed E-state index contributed by atoms with van der Waals surface area (Å²) in [5.41, 5.74) is 0.